The number of halogens is 3. The molecule has 0 bridgehead atoms. The van der Waals surface area contributed by atoms with Crippen molar-refractivity contribution in [3.63, 3.8) is 0 Å². The van der Waals surface area contributed by atoms with Crippen LogP contribution < -0.4 is 10.1 Å². The molecule has 2 aromatic rings. The lowest BCUT2D eigenvalue weighted by Crippen LogP contribution is -2.15. The minimum absolute atomic E-state index is 0.260. The van der Waals surface area contributed by atoms with Crippen molar-refractivity contribution in [1.29, 1.82) is 0 Å². The molecule has 0 radical (unpaired) electrons. The molecule has 0 amide bonds. The second kappa shape index (κ2) is 7.92. The van der Waals surface area contributed by atoms with Crippen LogP contribution in [-0.4, -0.2) is 6.54 Å². The molecule has 0 heterocycles. The standard InChI is InChI=1S/C16H16Br2FNO/c1-2-8-20-10-12-14(19)4-3-5-15(12)21-16-7-6-11(17)9-13(16)18/h3-7,9,20H,2,8,10H2,1H3. The van der Waals surface area contributed by atoms with Gasteiger partial charge in [-0.05, 0) is 59.2 Å². The number of benzene rings is 2. The summed E-state index contributed by atoms with van der Waals surface area (Å²) in [6.45, 7) is 3.37. The number of hydrogen-bond acceptors (Lipinski definition) is 2. The molecule has 0 aliphatic rings. The van der Waals surface area contributed by atoms with Crippen LogP contribution in [0.4, 0.5) is 4.39 Å². The third-order valence-electron chi connectivity index (χ3n) is 2.92. The normalized spacial score (nSPS) is 10.7. The molecule has 0 saturated carbocycles. The van der Waals surface area contributed by atoms with Crippen molar-refractivity contribution in [2.24, 2.45) is 0 Å². The van der Waals surface area contributed by atoms with Crippen LogP contribution >= 0.6 is 31.9 Å². The third kappa shape index (κ3) is 4.53. The molecular weight excluding hydrogens is 401 g/mol. The van der Waals surface area contributed by atoms with E-state index in [1.165, 1.54) is 6.07 Å². The highest BCUT2D eigenvalue weighted by atomic mass is 79.9. The van der Waals surface area contributed by atoms with Gasteiger partial charge in [0.15, 0.2) is 0 Å². The van der Waals surface area contributed by atoms with Crippen LogP contribution in [-0.2, 0) is 6.54 Å². The summed E-state index contributed by atoms with van der Waals surface area (Å²) in [5.41, 5.74) is 0.542. The molecule has 1 N–H and O–H groups in total. The van der Waals surface area contributed by atoms with E-state index in [1.54, 1.807) is 12.1 Å². The minimum Gasteiger partial charge on any atom is -0.456 e. The smallest absolute Gasteiger partial charge is 0.141 e. The fourth-order valence-electron chi connectivity index (χ4n) is 1.87. The van der Waals surface area contributed by atoms with Gasteiger partial charge < -0.3 is 10.1 Å². The third-order valence-corrected chi connectivity index (χ3v) is 4.03. The summed E-state index contributed by atoms with van der Waals surface area (Å²) in [6, 6.07) is 10.5. The summed E-state index contributed by atoms with van der Waals surface area (Å²) in [6.07, 6.45) is 1.00. The Morgan fingerprint density at radius 3 is 2.67 bits per heavy atom. The number of rotatable bonds is 6. The first kappa shape index (κ1) is 16.5. The molecule has 5 heteroatoms. The molecular formula is C16H16Br2FNO. The molecule has 0 aliphatic carbocycles. The van der Waals surface area contributed by atoms with Crippen LogP contribution in [0.2, 0.25) is 0 Å². The highest BCUT2D eigenvalue weighted by molar-refractivity contribution is 9.11. The second-order valence-electron chi connectivity index (χ2n) is 4.57. The van der Waals surface area contributed by atoms with Gasteiger partial charge in [-0.15, -0.1) is 0 Å². The summed E-state index contributed by atoms with van der Waals surface area (Å²) in [5.74, 6) is 0.923. The van der Waals surface area contributed by atoms with Gasteiger partial charge in [0.1, 0.15) is 17.3 Å². The van der Waals surface area contributed by atoms with E-state index in [1.807, 2.05) is 18.2 Å². The summed E-state index contributed by atoms with van der Waals surface area (Å²) < 4.78 is 21.6. The summed E-state index contributed by atoms with van der Waals surface area (Å²) in [4.78, 5) is 0. The van der Waals surface area contributed by atoms with Crippen LogP contribution in [0.1, 0.15) is 18.9 Å². The molecule has 0 unspecified atom stereocenters. The van der Waals surface area contributed by atoms with Crippen molar-refractivity contribution in [1.82, 2.24) is 5.32 Å². The quantitative estimate of drug-likeness (QED) is 0.615. The highest BCUT2D eigenvalue weighted by Crippen LogP contribution is 2.34. The lowest BCUT2D eigenvalue weighted by Gasteiger charge is -2.13. The van der Waals surface area contributed by atoms with Gasteiger partial charge in [-0.25, -0.2) is 4.39 Å². The predicted molar refractivity (Wildman–Crippen MR) is 90.3 cm³/mol. The van der Waals surface area contributed by atoms with E-state index in [0.717, 1.165) is 21.9 Å². The summed E-state index contributed by atoms with van der Waals surface area (Å²) in [5, 5.41) is 3.20. The Morgan fingerprint density at radius 2 is 1.95 bits per heavy atom. The first-order valence-corrected chi connectivity index (χ1v) is 8.31. The van der Waals surface area contributed by atoms with E-state index in [4.69, 9.17) is 4.74 Å². The molecule has 0 fully saturated rings. The Hall–Kier alpha value is -0.910. The zero-order valence-electron chi connectivity index (χ0n) is 11.6. The summed E-state index contributed by atoms with van der Waals surface area (Å²) in [7, 11) is 0. The van der Waals surface area contributed by atoms with Gasteiger partial charge >= 0.3 is 0 Å². The zero-order valence-corrected chi connectivity index (χ0v) is 14.8. The van der Waals surface area contributed by atoms with Crippen molar-refractivity contribution < 1.29 is 9.13 Å². The van der Waals surface area contributed by atoms with Crippen LogP contribution in [0.25, 0.3) is 0 Å². The lowest BCUT2D eigenvalue weighted by atomic mass is 10.2. The Morgan fingerprint density at radius 1 is 1.14 bits per heavy atom. The molecule has 21 heavy (non-hydrogen) atoms. The first-order chi connectivity index (χ1) is 10.1. The van der Waals surface area contributed by atoms with Crippen LogP contribution in [0, 0.1) is 5.82 Å². The van der Waals surface area contributed by atoms with Crippen LogP contribution in [0.5, 0.6) is 11.5 Å². The molecule has 0 aliphatic heterocycles. The van der Waals surface area contributed by atoms with Crippen molar-refractivity contribution >= 4 is 31.9 Å². The Labute approximate surface area is 141 Å². The maximum atomic E-state index is 14.0. The zero-order chi connectivity index (χ0) is 15.2. The number of nitrogens with one attached hydrogen (secondary N) is 1. The van der Waals surface area contributed by atoms with E-state index in [2.05, 4.69) is 44.1 Å². The molecule has 2 rings (SSSR count). The highest BCUT2D eigenvalue weighted by Gasteiger charge is 2.11. The van der Waals surface area contributed by atoms with Crippen LogP contribution in [0.15, 0.2) is 45.3 Å². The fraction of sp³-hybridized carbons (Fsp3) is 0.250. The molecule has 0 atom stereocenters. The average Bonchev–Trinajstić information content (AvgIpc) is 2.45. The van der Waals surface area contributed by atoms with E-state index >= 15 is 0 Å². The van der Waals surface area contributed by atoms with E-state index < -0.39 is 0 Å². The van der Waals surface area contributed by atoms with Gasteiger partial charge in [-0.2, -0.15) is 0 Å². The van der Waals surface area contributed by atoms with Gasteiger partial charge in [0.25, 0.3) is 0 Å². The van der Waals surface area contributed by atoms with Gasteiger partial charge in [0.2, 0.25) is 0 Å². The lowest BCUT2D eigenvalue weighted by molar-refractivity contribution is 0.459. The van der Waals surface area contributed by atoms with E-state index in [-0.39, 0.29) is 5.82 Å². The van der Waals surface area contributed by atoms with Gasteiger partial charge in [0, 0.05) is 16.6 Å². The fourth-order valence-corrected chi connectivity index (χ4v) is 3.00. The topological polar surface area (TPSA) is 21.3 Å². The molecule has 0 aromatic heterocycles. The van der Waals surface area contributed by atoms with E-state index in [9.17, 15) is 4.39 Å². The monoisotopic (exact) mass is 415 g/mol. The molecule has 0 saturated heterocycles. The van der Waals surface area contributed by atoms with Crippen LogP contribution in [0.3, 0.4) is 0 Å². The van der Waals surface area contributed by atoms with Gasteiger partial charge in [-0.3, -0.25) is 0 Å². The number of hydrogen-bond donors (Lipinski definition) is 1. The molecule has 112 valence electrons. The molecule has 0 spiro atoms. The molecule has 2 aromatic carbocycles. The van der Waals surface area contributed by atoms with Crippen molar-refractivity contribution in [2.45, 2.75) is 19.9 Å². The minimum atomic E-state index is -0.260. The van der Waals surface area contributed by atoms with Gasteiger partial charge in [0.05, 0.1) is 4.47 Å². The van der Waals surface area contributed by atoms with Crippen molar-refractivity contribution in [3.8, 4) is 11.5 Å². The first-order valence-electron chi connectivity index (χ1n) is 6.73. The van der Waals surface area contributed by atoms with Gasteiger partial charge in [-0.1, -0.05) is 28.9 Å². The maximum absolute atomic E-state index is 14.0. The SMILES string of the molecule is CCCNCc1c(F)cccc1Oc1ccc(Br)cc1Br. The maximum Gasteiger partial charge on any atom is 0.141 e. The van der Waals surface area contributed by atoms with Crippen molar-refractivity contribution in [2.75, 3.05) is 6.54 Å². The second-order valence-corrected chi connectivity index (χ2v) is 6.34. The average molecular weight is 417 g/mol. The molecule has 2 nitrogen and oxygen atoms in total. The Kier molecular flexibility index (Phi) is 6.21. The Bertz CT molecular complexity index is 619. The predicted octanol–water partition coefficient (Wildman–Crippen LogP) is 5.64. The van der Waals surface area contributed by atoms with Crippen molar-refractivity contribution in [3.05, 3.63) is 56.7 Å². The summed E-state index contributed by atoms with van der Waals surface area (Å²) >= 11 is 6.84. The van der Waals surface area contributed by atoms with E-state index in [0.29, 0.717) is 23.6 Å². The number of ether oxygens (including phenoxy) is 1. The largest absolute Gasteiger partial charge is 0.456 e. The Balaban J connectivity index is 2.24.